The van der Waals surface area contributed by atoms with Crippen molar-refractivity contribution in [1.82, 2.24) is 0 Å². The summed E-state index contributed by atoms with van der Waals surface area (Å²) in [5, 5.41) is 4.25. The molecule has 0 N–H and O–H groups in total. The average Bonchev–Trinajstić information content (AvgIpc) is 2.75. The number of carbonyl (C=O) groups is 1. The number of benzene rings is 3. The first-order valence-electron chi connectivity index (χ1n) is 10.5. The van der Waals surface area contributed by atoms with Gasteiger partial charge < -0.3 is 4.74 Å². The highest BCUT2D eigenvalue weighted by Crippen LogP contribution is 2.26. The van der Waals surface area contributed by atoms with Crippen LogP contribution >= 0.6 is 0 Å². The summed E-state index contributed by atoms with van der Waals surface area (Å²) in [5.74, 6) is -0.626. The molecule has 0 aromatic heterocycles. The van der Waals surface area contributed by atoms with Crippen molar-refractivity contribution in [3.05, 3.63) is 60.2 Å². The van der Waals surface area contributed by atoms with Crippen molar-refractivity contribution in [1.29, 1.82) is 0 Å². The smallest absolute Gasteiger partial charge is 0.340 e. The second-order valence-electron chi connectivity index (χ2n) is 7.49. The minimum atomic E-state index is -1.58. The molecule has 29 heavy (non-hydrogen) atoms. The van der Waals surface area contributed by atoms with E-state index in [-0.39, 0.29) is 13.1 Å². The van der Waals surface area contributed by atoms with E-state index in [9.17, 15) is 13.6 Å². The minimum absolute atomic E-state index is 0.217. The van der Waals surface area contributed by atoms with E-state index in [0.29, 0.717) is 18.4 Å². The number of fused-ring (bicyclic) bond motifs is 3. The van der Waals surface area contributed by atoms with Crippen molar-refractivity contribution in [3.63, 3.8) is 0 Å². The van der Waals surface area contributed by atoms with E-state index in [1.54, 1.807) is 12.1 Å². The van der Waals surface area contributed by atoms with Crippen molar-refractivity contribution in [2.75, 3.05) is 6.67 Å². The number of esters is 1. The number of alkyl halides is 2. The maximum atomic E-state index is 14.1. The Kier molecular flexibility index (Phi) is 7.97. The molecule has 1 atom stereocenters. The van der Waals surface area contributed by atoms with Crippen LogP contribution in [-0.4, -0.2) is 19.0 Å². The third kappa shape index (κ3) is 5.99. The molecule has 0 saturated heterocycles. The number of rotatable bonds is 11. The maximum Gasteiger partial charge on any atom is 0.340 e. The van der Waals surface area contributed by atoms with Gasteiger partial charge in [-0.3, -0.25) is 4.39 Å². The Morgan fingerprint density at radius 3 is 2.24 bits per heavy atom. The zero-order chi connectivity index (χ0) is 20.5. The Hall–Kier alpha value is -2.49. The van der Waals surface area contributed by atoms with Crippen LogP contribution in [0.3, 0.4) is 0 Å². The molecular weight excluding hydrogens is 370 g/mol. The summed E-state index contributed by atoms with van der Waals surface area (Å²) in [7, 11) is 0. The second-order valence-corrected chi connectivity index (χ2v) is 7.49. The number of hydrogen-bond acceptors (Lipinski definition) is 2. The summed E-state index contributed by atoms with van der Waals surface area (Å²) >= 11 is 0. The highest BCUT2D eigenvalue weighted by Gasteiger charge is 2.15. The Bertz CT molecular complexity index is 938. The first-order valence-corrected chi connectivity index (χ1v) is 10.5. The molecule has 1 unspecified atom stereocenters. The van der Waals surface area contributed by atoms with E-state index in [2.05, 4.69) is 6.07 Å². The van der Waals surface area contributed by atoms with Crippen LogP contribution in [0.15, 0.2) is 54.6 Å². The molecule has 2 nitrogen and oxygen atoms in total. The van der Waals surface area contributed by atoms with Gasteiger partial charge in [-0.1, -0.05) is 74.6 Å². The van der Waals surface area contributed by atoms with Gasteiger partial charge in [0.2, 0.25) is 6.36 Å². The van der Waals surface area contributed by atoms with Gasteiger partial charge in [-0.25, -0.2) is 9.18 Å². The topological polar surface area (TPSA) is 26.3 Å². The highest BCUT2D eigenvalue weighted by atomic mass is 19.1. The first kappa shape index (κ1) is 21.2. The van der Waals surface area contributed by atoms with Crippen LogP contribution in [-0.2, 0) is 4.74 Å². The molecule has 0 aliphatic carbocycles. The molecule has 0 saturated carbocycles. The molecule has 0 aliphatic rings. The van der Waals surface area contributed by atoms with Crippen molar-refractivity contribution in [2.24, 2.45) is 0 Å². The number of ether oxygens (including phenoxy) is 1. The molecule has 0 heterocycles. The zero-order valence-electron chi connectivity index (χ0n) is 16.7. The summed E-state index contributed by atoms with van der Waals surface area (Å²) in [6, 6.07) is 17.4. The lowest BCUT2D eigenvalue weighted by Crippen LogP contribution is -2.13. The summed E-state index contributed by atoms with van der Waals surface area (Å²) in [4.78, 5) is 12.3. The van der Waals surface area contributed by atoms with Crippen molar-refractivity contribution in [2.45, 2.75) is 57.7 Å². The van der Waals surface area contributed by atoms with E-state index in [4.69, 9.17) is 4.74 Å². The van der Waals surface area contributed by atoms with Gasteiger partial charge in [-0.05, 0) is 46.5 Å². The largest absolute Gasteiger partial charge is 0.428 e. The quantitative estimate of drug-likeness (QED) is 0.189. The molecular formula is C25H28F2O2. The Labute approximate surface area is 170 Å². The lowest BCUT2D eigenvalue weighted by molar-refractivity contribution is -0.0195. The summed E-state index contributed by atoms with van der Waals surface area (Å²) in [5.41, 5.74) is 0.364. The van der Waals surface area contributed by atoms with E-state index < -0.39 is 12.3 Å². The van der Waals surface area contributed by atoms with Crippen LogP contribution in [0, 0.1) is 0 Å². The van der Waals surface area contributed by atoms with Crippen LogP contribution in [0.2, 0.25) is 0 Å². The third-order valence-electron chi connectivity index (χ3n) is 5.28. The average molecular weight is 398 g/mol. The predicted octanol–water partition coefficient (Wildman–Crippen LogP) is 7.54. The predicted molar refractivity (Wildman–Crippen MR) is 115 cm³/mol. The summed E-state index contributed by atoms with van der Waals surface area (Å²) in [6.07, 6.45) is 4.84. The zero-order valence-corrected chi connectivity index (χ0v) is 16.7. The molecule has 3 aromatic carbocycles. The molecule has 3 aromatic rings. The normalized spacial score (nSPS) is 12.3. The van der Waals surface area contributed by atoms with Crippen LogP contribution in [0.25, 0.3) is 21.5 Å². The summed E-state index contributed by atoms with van der Waals surface area (Å²) < 4.78 is 31.0. The Morgan fingerprint density at radius 1 is 0.793 bits per heavy atom. The second kappa shape index (κ2) is 10.9. The van der Waals surface area contributed by atoms with Crippen molar-refractivity contribution in [3.8, 4) is 0 Å². The molecule has 4 heteroatoms. The number of unbranched alkanes of at least 4 members (excludes halogenated alkanes) is 6. The lowest BCUT2D eigenvalue weighted by Gasteiger charge is -2.11. The van der Waals surface area contributed by atoms with Crippen LogP contribution in [0.1, 0.15) is 61.7 Å². The molecule has 0 bridgehead atoms. The van der Waals surface area contributed by atoms with Crippen LogP contribution < -0.4 is 0 Å². The molecule has 0 fully saturated rings. The van der Waals surface area contributed by atoms with Gasteiger partial charge in [0.1, 0.15) is 0 Å². The van der Waals surface area contributed by atoms with E-state index in [1.165, 1.54) is 0 Å². The molecule has 154 valence electrons. The SMILES string of the molecule is O=C(OC(F)CCCCCCCCCF)c1ccc2c(ccc3ccccc32)c1. The van der Waals surface area contributed by atoms with Crippen LogP contribution in [0.4, 0.5) is 8.78 Å². The fraction of sp³-hybridized carbons (Fsp3) is 0.400. The van der Waals surface area contributed by atoms with Gasteiger partial charge in [0.15, 0.2) is 0 Å². The lowest BCUT2D eigenvalue weighted by atomic mass is 10.0. The monoisotopic (exact) mass is 398 g/mol. The van der Waals surface area contributed by atoms with Gasteiger partial charge in [-0.15, -0.1) is 0 Å². The standard InChI is InChI=1S/C25H28F2O2/c26-17-9-5-3-1-2-4-6-12-24(27)29-25(28)21-15-16-23-20(18-21)14-13-19-10-7-8-11-22(19)23/h7-8,10-11,13-16,18,24H,1-6,9,12,17H2. The highest BCUT2D eigenvalue weighted by molar-refractivity contribution is 6.09. The number of halogens is 2. The van der Waals surface area contributed by atoms with Gasteiger partial charge >= 0.3 is 5.97 Å². The van der Waals surface area contributed by atoms with Gasteiger partial charge in [0.05, 0.1) is 12.2 Å². The van der Waals surface area contributed by atoms with Crippen molar-refractivity contribution < 1.29 is 18.3 Å². The fourth-order valence-electron chi connectivity index (χ4n) is 3.67. The molecule has 0 spiro atoms. The maximum absolute atomic E-state index is 14.1. The molecule has 3 rings (SSSR count). The van der Waals surface area contributed by atoms with E-state index in [0.717, 1.165) is 53.6 Å². The van der Waals surface area contributed by atoms with Gasteiger partial charge in [0, 0.05) is 6.42 Å². The van der Waals surface area contributed by atoms with E-state index in [1.807, 2.05) is 36.4 Å². The van der Waals surface area contributed by atoms with Gasteiger partial charge in [-0.2, -0.15) is 0 Å². The Morgan fingerprint density at radius 2 is 1.45 bits per heavy atom. The molecule has 0 amide bonds. The number of hydrogen-bond donors (Lipinski definition) is 0. The minimum Gasteiger partial charge on any atom is -0.428 e. The summed E-state index contributed by atoms with van der Waals surface area (Å²) in [6.45, 7) is -0.247. The molecule has 0 aliphatic heterocycles. The Balaban J connectivity index is 1.48. The third-order valence-corrected chi connectivity index (χ3v) is 5.28. The first-order chi connectivity index (χ1) is 14.2. The number of carbonyl (C=O) groups excluding carboxylic acids is 1. The van der Waals surface area contributed by atoms with Crippen molar-refractivity contribution >= 4 is 27.5 Å². The fourth-order valence-corrected chi connectivity index (χ4v) is 3.67. The molecule has 0 radical (unpaired) electrons. The van der Waals surface area contributed by atoms with Crippen LogP contribution in [0.5, 0.6) is 0 Å². The van der Waals surface area contributed by atoms with Gasteiger partial charge in [0.25, 0.3) is 0 Å². The van der Waals surface area contributed by atoms with E-state index >= 15 is 0 Å².